The van der Waals surface area contributed by atoms with Crippen LogP contribution in [0.25, 0.3) is 11.5 Å². The number of halogens is 1. The number of rotatable bonds is 7. The second kappa shape index (κ2) is 8.49. The third-order valence-electron chi connectivity index (χ3n) is 4.85. The summed E-state index contributed by atoms with van der Waals surface area (Å²) in [6.45, 7) is 0.462. The van der Waals surface area contributed by atoms with Crippen LogP contribution in [0.3, 0.4) is 0 Å². The summed E-state index contributed by atoms with van der Waals surface area (Å²) in [6.07, 6.45) is 2.12. The molecule has 0 aliphatic carbocycles. The molecule has 0 atom stereocenters. The fraction of sp³-hybridized carbons (Fsp3) is 0.238. The molecule has 0 saturated heterocycles. The molecule has 0 unspecified atom stereocenters. The van der Waals surface area contributed by atoms with Gasteiger partial charge in [-0.15, -0.1) is 0 Å². The minimum absolute atomic E-state index is 0.00366. The Morgan fingerprint density at radius 1 is 1.17 bits per heavy atom. The standard InChI is InChI=1S/C21H20ClN3O4S/c22-17-7-5-16(6-8-17)21-24-18(14-29-21)13-20(26)23-10-12-30(27,28)25-11-9-15-3-1-2-4-19(15)25/h1-8,14H,9-13H2,(H,23,26). The minimum Gasteiger partial charge on any atom is -0.444 e. The van der Waals surface area contributed by atoms with Gasteiger partial charge in [-0.3, -0.25) is 9.10 Å². The quantitative estimate of drug-likeness (QED) is 0.603. The van der Waals surface area contributed by atoms with Gasteiger partial charge in [0.1, 0.15) is 6.26 Å². The number of hydrogen-bond acceptors (Lipinski definition) is 5. The van der Waals surface area contributed by atoms with Crippen molar-refractivity contribution in [2.45, 2.75) is 12.8 Å². The molecule has 1 aliphatic heterocycles. The van der Waals surface area contributed by atoms with Gasteiger partial charge >= 0.3 is 0 Å². The van der Waals surface area contributed by atoms with Crippen molar-refractivity contribution < 1.29 is 17.6 Å². The molecule has 1 amide bonds. The summed E-state index contributed by atoms with van der Waals surface area (Å²) in [6, 6.07) is 14.5. The fourth-order valence-corrected chi connectivity index (χ4v) is 4.92. The average Bonchev–Trinajstić information content (AvgIpc) is 3.36. The molecular weight excluding hydrogens is 426 g/mol. The largest absolute Gasteiger partial charge is 0.444 e. The zero-order chi connectivity index (χ0) is 21.1. The first-order valence-corrected chi connectivity index (χ1v) is 11.5. The van der Waals surface area contributed by atoms with Gasteiger partial charge in [0.15, 0.2) is 0 Å². The number of carbonyl (C=O) groups is 1. The van der Waals surface area contributed by atoms with Crippen molar-refractivity contribution in [3.05, 3.63) is 71.1 Å². The van der Waals surface area contributed by atoms with E-state index in [9.17, 15) is 13.2 Å². The third-order valence-corrected chi connectivity index (χ3v) is 6.87. The Labute approximate surface area is 179 Å². The molecule has 0 saturated carbocycles. The van der Waals surface area contributed by atoms with Gasteiger partial charge in [-0.1, -0.05) is 29.8 Å². The molecule has 2 aromatic carbocycles. The molecule has 156 valence electrons. The van der Waals surface area contributed by atoms with Crippen LogP contribution < -0.4 is 9.62 Å². The van der Waals surface area contributed by atoms with Crippen molar-refractivity contribution in [1.82, 2.24) is 10.3 Å². The second-order valence-corrected chi connectivity index (χ2v) is 9.39. The highest BCUT2D eigenvalue weighted by molar-refractivity contribution is 7.92. The molecule has 0 bridgehead atoms. The van der Waals surface area contributed by atoms with Crippen LogP contribution >= 0.6 is 11.6 Å². The first-order chi connectivity index (χ1) is 14.4. The summed E-state index contributed by atoms with van der Waals surface area (Å²) in [4.78, 5) is 16.5. The maximum atomic E-state index is 12.7. The van der Waals surface area contributed by atoms with E-state index in [1.165, 1.54) is 10.6 Å². The Hall–Kier alpha value is -2.84. The molecule has 4 rings (SSSR count). The van der Waals surface area contributed by atoms with Gasteiger partial charge in [-0.05, 0) is 42.3 Å². The van der Waals surface area contributed by atoms with Gasteiger partial charge in [0.2, 0.25) is 21.8 Å². The van der Waals surface area contributed by atoms with Gasteiger partial charge in [-0.25, -0.2) is 13.4 Å². The van der Waals surface area contributed by atoms with Crippen LogP contribution in [0.1, 0.15) is 11.3 Å². The number of para-hydroxylation sites is 1. The zero-order valence-corrected chi connectivity index (χ0v) is 17.6. The number of aromatic nitrogens is 1. The fourth-order valence-electron chi connectivity index (χ4n) is 3.37. The Kier molecular flexibility index (Phi) is 5.78. The lowest BCUT2D eigenvalue weighted by atomic mass is 10.2. The van der Waals surface area contributed by atoms with Gasteiger partial charge < -0.3 is 9.73 Å². The van der Waals surface area contributed by atoms with Crippen molar-refractivity contribution in [3.63, 3.8) is 0 Å². The summed E-state index contributed by atoms with van der Waals surface area (Å²) >= 11 is 5.87. The molecule has 0 radical (unpaired) electrons. The normalized spacial score (nSPS) is 13.3. The average molecular weight is 446 g/mol. The molecule has 1 N–H and O–H groups in total. The number of nitrogens with one attached hydrogen (secondary N) is 1. The van der Waals surface area contributed by atoms with E-state index in [-0.39, 0.29) is 24.6 Å². The second-order valence-electron chi connectivity index (χ2n) is 6.94. The molecule has 9 heteroatoms. The predicted molar refractivity (Wildman–Crippen MR) is 115 cm³/mol. The van der Waals surface area contributed by atoms with Gasteiger partial charge in [0, 0.05) is 23.7 Å². The Bertz CT molecular complexity index is 1160. The molecule has 0 fully saturated rings. The Morgan fingerprint density at radius 2 is 1.93 bits per heavy atom. The monoisotopic (exact) mass is 445 g/mol. The summed E-state index contributed by atoms with van der Waals surface area (Å²) in [5.41, 5.74) is 2.96. The van der Waals surface area contributed by atoms with Crippen LogP contribution in [0.15, 0.2) is 59.2 Å². The third kappa shape index (κ3) is 4.49. The molecule has 3 aromatic rings. The molecule has 0 spiro atoms. The number of carbonyl (C=O) groups excluding carboxylic acids is 1. The molecule has 7 nitrogen and oxygen atoms in total. The summed E-state index contributed by atoms with van der Waals surface area (Å²) in [5.74, 6) is -0.0882. The van der Waals surface area contributed by atoms with E-state index in [0.717, 1.165) is 16.8 Å². The van der Waals surface area contributed by atoms with Crippen molar-refractivity contribution in [2.24, 2.45) is 0 Å². The number of anilines is 1. The van der Waals surface area contributed by atoms with Crippen LogP contribution in [0.5, 0.6) is 0 Å². The number of nitrogens with zero attached hydrogens (tertiary/aromatic N) is 2. The van der Waals surface area contributed by atoms with Crippen LogP contribution in [0, 0.1) is 0 Å². The van der Waals surface area contributed by atoms with Crippen molar-refractivity contribution >= 4 is 33.2 Å². The summed E-state index contributed by atoms with van der Waals surface area (Å²) in [7, 11) is -3.50. The Balaban J connectivity index is 1.30. The highest BCUT2D eigenvalue weighted by atomic mass is 35.5. The lowest BCUT2D eigenvalue weighted by molar-refractivity contribution is -0.120. The van der Waals surface area contributed by atoms with Crippen LogP contribution in [0.4, 0.5) is 5.69 Å². The van der Waals surface area contributed by atoms with E-state index in [0.29, 0.717) is 29.6 Å². The van der Waals surface area contributed by atoms with Gasteiger partial charge in [0.25, 0.3) is 0 Å². The first-order valence-electron chi connectivity index (χ1n) is 9.48. The summed E-state index contributed by atoms with van der Waals surface area (Å²) in [5, 5.41) is 3.26. The number of hydrogen-bond donors (Lipinski definition) is 1. The van der Waals surface area contributed by atoms with E-state index >= 15 is 0 Å². The lowest BCUT2D eigenvalue weighted by Gasteiger charge is -2.19. The van der Waals surface area contributed by atoms with Crippen molar-refractivity contribution in [3.8, 4) is 11.5 Å². The topological polar surface area (TPSA) is 92.5 Å². The number of amides is 1. The van der Waals surface area contributed by atoms with Crippen molar-refractivity contribution in [1.29, 1.82) is 0 Å². The van der Waals surface area contributed by atoms with Crippen LogP contribution in [-0.4, -0.2) is 38.2 Å². The van der Waals surface area contributed by atoms with Crippen LogP contribution in [0.2, 0.25) is 5.02 Å². The molecule has 30 heavy (non-hydrogen) atoms. The molecule has 1 aromatic heterocycles. The number of oxazole rings is 1. The van der Waals surface area contributed by atoms with E-state index in [4.69, 9.17) is 16.0 Å². The van der Waals surface area contributed by atoms with Crippen LogP contribution in [-0.2, 0) is 27.7 Å². The SMILES string of the molecule is O=C(Cc1coc(-c2ccc(Cl)cc2)n1)NCCS(=O)(=O)N1CCc2ccccc21. The number of benzene rings is 2. The highest BCUT2D eigenvalue weighted by Gasteiger charge is 2.28. The molecule has 2 heterocycles. The summed E-state index contributed by atoms with van der Waals surface area (Å²) < 4.78 is 32.2. The highest BCUT2D eigenvalue weighted by Crippen LogP contribution is 2.29. The number of fused-ring (bicyclic) bond motifs is 1. The Morgan fingerprint density at radius 3 is 2.73 bits per heavy atom. The smallest absolute Gasteiger partial charge is 0.236 e. The van der Waals surface area contributed by atoms with E-state index < -0.39 is 10.0 Å². The minimum atomic E-state index is -3.50. The molecule has 1 aliphatic rings. The van der Waals surface area contributed by atoms with Gasteiger partial charge in [-0.2, -0.15) is 0 Å². The van der Waals surface area contributed by atoms with Crippen molar-refractivity contribution in [2.75, 3.05) is 23.1 Å². The van der Waals surface area contributed by atoms with E-state index in [1.807, 2.05) is 18.2 Å². The molecular formula is C21H20ClN3O4S. The van der Waals surface area contributed by atoms with Gasteiger partial charge in [0.05, 0.1) is 23.6 Å². The zero-order valence-electron chi connectivity index (χ0n) is 16.0. The maximum Gasteiger partial charge on any atom is 0.236 e. The first kappa shape index (κ1) is 20.4. The van der Waals surface area contributed by atoms with E-state index in [1.54, 1.807) is 30.3 Å². The predicted octanol–water partition coefficient (Wildman–Crippen LogP) is 3.05. The van der Waals surface area contributed by atoms with E-state index in [2.05, 4.69) is 10.3 Å². The lowest BCUT2D eigenvalue weighted by Crippen LogP contribution is -2.37. The maximum absolute atomic E-state index is 12.7. The number of sulfonamides is 1.